The fourth-order valence-corrected chi connectivity index (χ4v) is 0. The van der Waals surface area contributed by atoms with Gasteiger partial charge in [0.15, 0.2) is 0 Å². The third-order valence-corrected chi connectivity index (χ3v) is 0. The first-order chi connectivity index (χ1) is 1.41. The van der Waals surface area contributed by atoms with Crippen molar-refractivity contribution in [2.45, 2.75) is 0 Å². The van der Waals surface area contributed by atoms with Gasteiger partial charge in [0.2, 0.25) is 0 Å². The molecule has 0 heterocycles. The Morgan fingerprint density at radius 1 is 1.20 bits per heavy atom. The van der Waals surface area contributed by atoms with Gasteiger partial charge in [0, 0.05) is 60.2 Å². The van der Waals surface area contributed by atoms with E-state index in [1.54, 1.807) is 0 Å². The van der Waals surface area contributed by atoms with E-state index in [-0.39, 0.29) is 55.1 Å². The minimum atomic E-state index is 0. The van der Waals surface area contributed by atoms with E-state index in [9.17, 15) is 0 Å². The third-order valence-electron chi connectivity index (χ3n) is 0. The van der Waals surface area contributed by atoms with Crippen LogP contribution in [0.4, 0.5) is 9.05 Å². The summed E-state index contributed by atoms with van der Waals surface area (Å²) in [4.78, 5) is 0. The summed E-state index contributed by atoms with van der Waals surface area (Å²) < 4.78 is 18.2. The van der Waals surface area contributed by atoms with Gasteiger partial charge in [-0.05, 0) is 9.05 Å². The Kier molecular flexibility index (Phi) is 55.9. The third kappa shape index (κ3) is 28.2. The SMILES string of the molecule is FOF.[Al].[Ca]. The van der Waals surface area contributed by atoms with Crippen LogP contribution < -0.4 is 0 Å². The van der Waals surface area contributed by atoms with Crippen LogP contribution in [-0.2, 0) is 5.15 Å². The van der Waals surface area contributed by atoms with Crippen LogP contribution in [0.5, 0.6) is 0 Å². The zero-order chi connectivity index (χ0) is 2.71. The van der Waals surface area contributed by atoms with Crippen LogP contribution >= 0.6 is 0 Å². The largest absolute Gasteiger partial charge is 0.0209 e. The average Bonchev–Trinajstić information content (AvgIpc) is 0.918. The Morgan fingerprint density at radius 3 is 1.20 bits per heavy atom. The summed E-state index contributed by atoms with van der Waals surface area (Å²) in [5.41, 5.74) is 0. The van der Waals surface area contributed by atoms with E-state index >= 15 is 0 Å². The van der Waals surface area contributed by atoms with Gasteiger partial charge in [0.25, 0.3) is 0 Å². The molecule has 5 heteroatoms. The van der Waals surface area contributed by atoms with Crippen molar-refractivity contribution in [3.8, 4) is 0 Å². The van der Waals surface area contributed by atoms with Gasteiger partial charge in [-0.1, -0.05) is 0 Å². The summed E-state index contributed by atoms with van der Waals surface area (Å²) in [6.45, 7) is 0. The summed E-state index contributed by atoms with van der Waals surface area (Å²) >= 11 is 0. The van der Waals surface area contributed by atoms with Gasteiger partial charge < -0.3 is 0 Å². The molecule has 0 aromatic rings. The zero-order valence-corrected chi connectivity index (χ0v) is 5.81. The van der Waals surface area contributed by atoms with E-state index in [1.807, 2.05) is 0 Å². The average molecular weight is 121 g/mol. The number of hydrogen-bond acceptors (Lipinski definition) is 1. The predicted octanol–water partition coefficient (Wildman–Crippen LogP) is 0.0104. The molecule has 0 aromatic carbocycles. The molecule has 0 amide bonds. The first kappa shape index (κ1) is 16.0. The molecular formula is AlCaF2O. The predicted molar refractivity (Wildman–Crippen MR) is 14.8 cm³/mol. The van der Waals surface area contributed by atoms with Gasteiger partial charge in [0.1, 0.15) is 0 Å². The second-order valence-corrected chi connectivity index (χ2v) is 0.0583. The molecule has 0 atom stereocenters. The molecule has 0 aromatic heterocycles. The summed E-state index contributed by atoms with van der Waals surface area (Å²) in [6.07, 6.45) is 0. The van der Waals surface area contributed by atoms with Crippen molar-refractivity contribution in [2.75, 3.05) is 0 Å². The Hall–Kier alpha value is 1.61. The normalized spacial score (nSPS) is 3.60. The van der Waals surface area contributed by atoms with Crippen molar-refractivity contribution in [2.24, 2.45) is 0 Å². The molecule has 0 aliphatic carbocycles. The zero-order valence-electron chi connectivity index (χ0n) is 2.45. The van der Waals surface area contributed by atoms with Gasteiger partial charge >= 0.3 is 0 Å². The van der Waals surface area contributed by atoms with Crippen molar-refractivity contribution in [1.29, 1.82) is 0 Å². The number of halogens is 2. The molecule has 0 aliphatic rings. The molecule has 0 N–H and O–H groups in total. The van der Waals surface area contributed by atoms with E-state index in [0.29, 0.717) is 0 Å². The Morgan fingerprint density at radius 2 is 1.20 bits per heavy atom. The fourth-order valence-electron chi connectivity index (χ4n) is 0. The van der Waals surface area contributed by atoms with Gasteiger partial charge in [0.05, 0.1) is 0 Å². The molecule has 0 aliphatic heterocycles. The Bertz CT molecular complexity index is 9.61. The van der Waals surface area contributed by atoms with E-state index in [0.717, 1.165) is 0 Å². The van der Waals surface area contributed by atoms with Crippen LogP contribution in [0.15, 0.2) is 0 Å². The van der Waals surface area contributed by atoms with Crippen molar-refractivity contribution in [3.05, 3.63) is 0 Å². The van der Waals surface area contributed by atoms with Crippen molar-refractivity contribution < 1.29 is 14.2 Å². The molecule has 0 unspecified atom stereocenters. The van der Waals surface area contributed by atoms with Crippen LogP contribution in [0.1, 0.15) is 0 Å². The summed E-state index contributed by atoms with van der Waals surface area (Å²) in [5.74, 6) is 0. The van der Waals surface area contributed by atoms with Gasteiger partial charge in [-0.3, -0.25) is 0 Å². The number of hydrogen-bond donors (Lipinski definition) is 0. The van der Waals surface area contributed by atoms with E-state index in [2.05, 4.69) is 0 Å². The Labute approximate surface area is 68.6 Å². The molecule has 5 radical (unpaired) electrons. The maximum atomic E-state index is 9.12. The molecule has 0 saturated heterocycles. The van der Waals surface area contributed by atoms with Gasteiger partial charge in [-0.2, -0.15) is 0 Å². The van der Waals surface area contributed by atoms with E-state index in [1.165, 1.54) is 5.15 Å². The van der Waals surface area contributed by atoms with E-state index < -0.39 is 0 Å². The summed E-state index contributed by atoms with van der Waals surface area (Å²) in [5, 5.41) is 1.25. The quantitative estimate of drug-likeness (QED) is 0.410. The fraction of sp³-hybridized carbons (Fsp3) is 0. The molecule has 0 bridgehead atoms. The van der Waals surface area contributed by atoms with Crippen molar-refractivity contribution in [3.63, 3.8) is 0 Å². The molecule has 25 valence electrons. The molecule has 1 nitrogen and oxygen atoms in total. The second-order valence-electron chi connectivity index (χ2n) is 0.0583. The monoisotopic (exact) mass is 121 g/mol. The molecule has 5 heavy (non-hydrogen) atoms. The maximum absolute atomic E-state index is 9.12. The minimum absolute atomic E-state index is 0. The van der Waals surface area contributed by atoms with Crippen molar-refractivity contribution in [1.82, 2.24) is 0 Å². The van der Waals surface area contributed by atoms with Gasteiger partial charge in [-0.15, -0.1) is 0 Å². The summed E-state index contributed by atoms with van der Waals surface area (Å²) in [6, 6.07) is 0. The topological polar surface area (TPSA) is 9.23 Å². The van der Waals surface area contributed by atoms with Crippen LogP contribution in [0.2, 0.25) is 0 Å². The van der Waals surface area contributed by atoms with Crippen LogP contribution in [0.25, 0.3) is 0 Å². The standard InChI is InChI=1S/Al.Ca.F2O/c;;1-3-2. The first-order valence-corrected chi connectivity index (χ1v) is 0.309. The molecule has 0 saturated carbocycles. The molecular weight excluding hydrogens is 121 g/mol. The maximum Gasteiger partial charge on any atom is 0.0209 e. The van der Waals surface area contributed by atoms with E-state index in [4.69, 9.17) is 9.05 Å². The van der Waals surface area contributed by atoms with Crippen LogP contribution in [0.3, 0.4) is 0 Å². The van der Waals surface area contributed by atoms with Crippen LogP contribution in [-0.4, -0.2) is 55.1 Å². The second kappa shape index (κ2) is 17.5. The van der Waals surface area contributed by atoms with Crippen molar-refractivity contribution >= 4 is 55.1 Å². The Balaban J connectivity index is -0.0000000200. The number of rotatable bonds is 0. The molecule has 0 spiro atoms. The van der Waals surface area contributed by atoms with Crippen LogP contribution in [0, 0.1) is 0 Å². The first-order valence-electron chi connectivity index (χ1n) is 0.309. The van der Waals surface area contributed by atoms with Gasteiger partial charge in [-0.25, -0.2) is 0 Å². The summed E-state index contributed by atoms with van der Waals surface area (Å²) in [7, 11) is 0. The minimum Gasteiger partial charge on any atom is -0.0104 e. The smallest absolute Gasteiger partial charge is 0.0104 e. The molecule has 0 rings (SSSR count). The molecule has 0 fully saturated rings.